The van der Waals surface area contributed by atoms with Gasteiger partial charge in [0.25, 0.3) is 0 Å². The van der Waals surface area contributed by atoms with Gasteiger partial charge in [0.1, 0.15) is 5.69 Å². The summed E-state index contributed by atoms with van der Waals surface area (Å²) < 4.78 is 1.88. The predicted octanol–water partition coefficient (Wildman–Crippen LogP) is 2.72. The third-order valence-corrected chi connectivity index (χ3v) is 3.74. The van der Waals surface area contributed by atoms with Crippen LogP contribution < -0.4 is 0 Å². The predicted molar refractivity (Wildman–Crippen MR) is 85.5 cm³/mol. The van der Waals surface area contributed by atoms with Crippen molar-refractivity contribution in [2.45, 2.75) is 26.5 Å². The number of benzene rings is 2. The van der Waals surface area contributed by atoms with Crippen LogP contribution in [0.1, 0.15) is 28.1 Å². The Morgan fingerprint density at radius 2 is 1.68 bits per heavy atom. The molecule has 0 aliphatic rings. The number of aliphatic hydroxyl groups is 1. The Morgan fingerprint density at radius 1 is 0.955 bits per heavy atom. The average molecular weight is 293 g/mol. The molecule has 0 aliphatic carbocycles. The highest BCUT2D eigenvalue weighted by molar-refractivity contribution is 5.26. The summed E-state index contributed by atoms with van der Waals surface area (Å²) in [5, 5.41) is 17.8. The summed E-state index contributed by atoms with van der Waals surface area (Å²) in [6.07, 6.45) is 0.718. The lowest BCUT2D eigenvalue weighted by atomic mass is 10.1. The molecular weight excluding hydrogens is 274 g/mol. The maximum absolute atomic E-state index is 9.50. The molecule has 1 aromatic heterocycles. The molecule has 0 spiro atoms. The number of rotatable bonds is 5. The van der Waals surface area contributed by atoms with Crippen molar-refractivity contribution >= 4 is 0 Å². The molecule has 0 unspecified atom stereocenters. The van der Waals surface area contributed by atoms with Gasteiger partial charge in [0.15, 0.2) is 0 Å². The van der Waals surface area contributed by atoms with Crippen LogP contribution in [0.2, 0.25) is 0 Å². The molecule has 4 nitrogen and oxygen atoms in total. The lowest BCUT2D eigenvalue weighted by Gasteiger charge is -2.08. The summed E-state index contributed by atoms with van der Waals surface area (Å²) in [5.41, 5.74) is 5.21. The zero-order valence-electron chi connectivity index (χ0n) is 12.6. The Balaban J connectivity index is 1.88. The zero-order valence-corrected chi connectivity index (χ0v) is 12.6. The van der Waals surface area contributed by atoms with Crippen molar-refractivity contribution in [1.29, 1.82) is 0 Å². The molecule has 0 atom stereocenters. The summed E-state index contributed by atoms with van der Waals surface area (Å²) in [6, 6.07) is 18.6. The molecule has 0 amide bonds. The molecule has 2 aromatic carbocycles. The molecule has 0 bridgehead atoms. The van der Waals surface area contributed by atoms with Crippen LogP contribution in [-0.2, 0) is 19.6 Å². The summed E-state index contributed by atoms with van der Waals surface area (Å²) in [7, 11) is 0. The lowest BCUT2D eigenvalue weighted by Crippen LogP contribution is -2.08. The fourth-order valence-corrected chi connectivity index (χ4v) is 2.47. The normalized spacial score (nSPS) is 10.8. The Hall–Kier alpha value is -2.46. The van der Waals surface area contributed by atoms with E-state index >= 15 is 0 Å². The van der Waals surface area contributed by atoms with Crippen LogP contribution in [0.4, 0.5) is 0 Å². The van der Waals surface area contributed by atoms with E-state index in [0.29, 0.717) is 12.2 Å². The van der Waals surface area contributed by atoms with E-state index in [1.807, 2.05) is 22.9 Å². The Labute approximate surface area is 130 Å². The lowest BCUT2D eigenvalue weighted by molar-refractivity contribution is 0.275. The van der Waals surface area contributed by atoms with Crippen LogP contribution in [0.25, 0.3) is 0 Å². The first-order valence-electron chi connectivity index (χ1n) is 7.38. The molecule has 0 saturated heterocycles. The van der Waals surface area contributed by atoms with Gasteiger partial charge in [-0.05, 0) is 18.1 Å². The van der Waals surface area contributed by atoms with Gasteiger partial charge in [0.2, 0.25) is 0 Å². The van der Waals surface area contributed by atoms with E-state index in [9.17, 15) is 5.11 Å². The van der Waals surface area contributed by atoms with E-state index in [1.54, 1.807) is 0 Å². The first kappa shape index (κ1) is 14.5. The highest BCUT2D eigenvalue weighted by Crippen LogP contribution is 2.15. The van der Waals surface area contributed by atoms with E-state index in [0.717, 1.165) is 12.1 Å². The highest BCUT2D eigenvalue weighted by atomic mass is 16.3. The maximum atomic E-state index is 9.50. The third kappa shape index (κ3) is 3.23. The van der Waals surface area contributed by atoms with Crippen molar-refractivity contribution in [3.05, 3.63) is 82.7 Å². The molecule has 0 radical (unpaired) electrons. The largest absolute Gasteiger partial charge is 0.390 e. The van der Waals surface area contributed by atoms with Crippen LogP contribution >= 0.6 is 0 Å². The number of hydrogen-bond acceptors (Lipinski definition) is 3. The number of nitrogens with zero attached hydrogens (tertiary/aromatic N) is 3. The van der Waals surface area contributed by atoms with Crippen molar-refractivity contribution in [2.24, 2.45) is 0 Å². The third-order valence-electron chi connectivity index (χ3n) is 3.74. The first-order valence-corrected chi connectivity index (χ1v) is 7.38. The molecule has 0 saturated carbocycles. The van der Waals surface area contributed by atoms with E-state index in [2.05, 4.69) is 53.6 Å². The molecule has 3 aromatic rings. The van der Waals surface area contributed by atoms with E-state index in [-0.39, 0.29) is 6.61 Å². The van der Waals surface area contributed by atoms with Crippen LogP contribution in [0.5, 0.6) is 0 Å². The van der Waals surface area contributed by atoms with Crippen molar-refractivity contribution < 1.29 is 5.11 Å². The summed E-state index contributed by atoms with van der Waals surface area (Å²) in [6.45, 7) is 2.65. The molecule has 0 fully saturated rings. The minimum atomic E-state index is -0.0872. The summed E-state index contributed by atoms with van der Waals surface area (Å²) in [4.78, 5) is 0. The minimum Gasteiger partial charge on any atom is -0.390 e. The van der Waals surface area contributed by atoms with Crippen LogP contribution in [0.15, 0.2) is 54.6 Å². The first-order chi connectivity index (χ1) is 10.8. The highest BCUT2D eigenvalue weighted by Gasteiger charge is 2.13. The monoisotopic (exact) mass is 293 g/mol. The van der Waals surface area contributed by atoms with Gasteiger partial charge in [0, 0.05) is 6.42 Å². The second-order valence-electron chi connectivity index (χ2n) is 5.45. The zero-order chi connectivity index (χ0) is 15.4. The molecular formula is C18H19N3O. The quantitative estimate of drug-likeness (QED) is 0.787. The van der Waals surface area contributed by atoms with Gasteiger partial charge in [-0.25, -0.2) is 4.68 Å². The second-order valence-corrected chi connectivity index (χ2v) is 5.45. The van der Waals surface area contributed by atoms with Crippen molar-refractivity contribution in [2.75, 3.05) is 0 Å². The number of hydrogen-bond donors (Lipinski definition) is 1. The Bertz CT molecular complexity index is 733. The van der Waals surface area contributed by atoms with Crippen molar-refractivity contribution in [3.63, 3.8) is 0 Å². The summed E-state index contributed by atoms with van der Waals surface area (Å²) >= 11 is 0. The van der Waals surface area contributed by atoms with Gasteiger partial charge >= 0.3 is 0 Å². The van der Waals surface area contributed by atoms with Gasteiger partial charge in [0.05, 0.1) is 18.8 Å². The van der Waals surface area contributed by atoms with Crippen molar-refractivity contribution in [1.82, 2.24) is 15.0 Å². The molecule has 112 valence electrons. The fraction of sp³-hybridized carbons (Fsp3) is 0.222. The van der Waals surface area contributed by atoms with E-state index in [4.69, 9.17) is 0 Å². The molecule has 0 aliphatic heterocycles. The average Bonchev–Trinajstić information content (AvgIpc) is 2.92. The summed E-state index contributed by atoms with van der Waals surface area (Å²) in [5.74, 6) is 0. The van der Waals surface area contributed by atoms with E-state index in [1.165, 1.54) is 16.7 Å². The number of aromatic nitrogens is 3. The van der Waals surface area contributed by atoms with Gasteiger partial charge in [-0.15, -0.1) is 5.10 Å². The van der Waals surface area contributed by atoms with Crippen LogP contribution in [0, 0.1) is 6.92 Å². The number of aryl methyl sites for hydroxylation is 1. The smallest absolute Gasteiger partial charge is 0.112 e. The second kappa shape index (κ2) is 6.54. The van der Waals surface area contributed by atoms with Crippen molar-refractivity contribution in [3.8, 4) is 0 Å². The Morgan fingerprint density at radius 3 is 2.36 bits per heavy atom. The standard InChI is InChI=1S/C18H19N3O/c1-14-7-9-16(10-8-14)12-21-18(17(13-22)19-20-21)11-15-5-3-2-4-6-15/h2-10,22H,11-13H2,1H3. The Kier molecular flexibility index (Phi) is 4.30. The van der Waals surface area contributed by atoms with E-state index < -0.39 is 0 Å². The van der Waals surface area contributed by atoms with Crippen LogP contribution in [0.3, 0.4) is 0 Å². The number of aliphatic hydroxyl groups excluding tert-OH is 1. The SMILES string of the molecule is Cc1ccc(Cn2nnc(CO)c2Cc2ccccc2)cc1. The van der Waals surface area contributed by atoms with Gasteiger partial charge in [-0.1, -0.05) is 65.4 Å². The topological polar surface area (TPSA) is 50.9 Å². The van der Waals surface area contributed by atoms with Gasteiger partial charge < -0.3 is 5.11 Å². The van der Waals surface area contributed by atoms with Gasteiger partial charge in [-0.2, -0.15) is 0 Å². The van der Waals surface area contributed by atoms with Gasteiger partial charge in [-0.3, -0.25) is 0 Å². The molecule has 1 N–H and O–H groups in total. The minimum absolute atomic E-state index is 0.0872. The van der Waals surface area contributed by atoms with Crippen LogP contribution in [-0.4, -0.2) is 20.1 Å². The molecule has 3 rings (SSSR count). The fourth-order valence-electron chi connectivity index (χ4n) is 2.47. The molecule has 4 heteroatoms. The maximum Gasteiger partial charge on any atom is 0.112 e. The molecule has 1 heterocycles. The molecule has 22 heavy (non-hydrogen) atoms.